The van der Waals surface area contributed by atoms with E-state index in [-0.39, 0.29) is 11.8 Å². The number of rotatable bonds is 4. The van der Waals surface area contributed by atoms with Gasteiger partial charge in [-0.15, -0.1) is 0 Å². The van der Waals surface area contributed by atoms with Gasteiger partial charge >= 0.3 is 0 Å². The van der Waals surface area contributed by atoms with Crippen LogP contribution in [-0.4, -0.2) is 25.5 Å². The van der Waals surface area contributed by atoms with E-state index >= 15 is 0 Å². The molecule has 0 aromatic rings. The molecule has 0 bridgehead atoms. The zero-order valence-corrected chi connectivity index (χ0v) is 10.5. The van der Waals surface area contributed by atoms with Crippen LogP contribution >= 0.6 is 0 Å². The predicted molar refractivity (Wildman–Crippen MR) is 65.1 cm³/mol. The first-order valence-electron chi connectivity index (χ1n) is 6.62. The van der Waals surface area contributed by atoms with Crippen molar-refractivity contribution in [3.8, 4) is 0 Å². The van der Waals surface area contributed by atoms with Crippen LogP contribution < -0.4 is 10.6 Å². The summed E-state index contributed by atoms with van der Waals surface area (Å²) in [5, 5.41) is 6.46. The SMILES string of the molecule is CC(C)C1(CNC(=O)C2CCNCC2)CC1. The number of carbonyl (C=O) groups is 1. The molecule has 1 saturated carbocycles. The van der Waals surface area contributed by atoms with Crippen LogP contribution in [0.3, 0.4) is 0 Å². The molecule has 2 fully saturated rings. The van der Waals surface area contributed by atoms with E-state index in [1.807, 2.05) is 0 Å². The second-order valence-electron chi connectivity index (χ2n) is 5.76. The van der Waals surface area contributed by atoms with E-state index in [1.165, 1.54) is 12.8 Å². The van der Waals surface area contributed by atoms with Gasteiger partial charge in [-0.3, -0.25) is 4.79 Å². The monoisotopic (exact) mass is 224 g/mol. The third kappa shape index (κ3) is 2.57. The summed E-state index contributed by atoms with van der Waals surface area (Å²) in [4.78, 5) is 12.0. The van der Waals surface area contributed by atoms with Gasteiger partial charge in [0.1, 0.15) is 0 Å². The van der Waals surface area contributed by atoms with Gasteiger partial charge in [0.2, 0.25) is 5.91 Å². The van der Waals surface area contributed by atoms with E-state index in [0.717, 1.165) is 32.5 Å². The van der Waals surface area contributed by atoms with Crippen molar-refractivity contribution in [1.82, 2.24) is 10.6 Å². The number of piperidine rings is 1. The van der Waals surface area contributed by atoms with Crippen molar-refractivity contribution < 1.29 is 4.79 Å². The molecule has 2 aliphatic rings. The van der Waals surface area contributed by atoms with Gasteiger partial charge in [-0.1, -0.05) is 13.8 Å². The molecular formula is C13H24N2O. The number of hydrogen-bond donors (Lipinski definition) is 2. The Bertz CT molecular complexity index is 253. The molecule has 1 saturated heterocycles. The van der Waals surface area contributed by atoms with E-state index < -0.39 is 0 Å². The van der Waals surface area contributed by atoms with E-state index in [1.54, 1.807) is 0 Å². The average molecular weight is 224 g/mol. The fourth-order valence-corrected chi connectivity index (χ4v) is 2.61. The minimum absolute atomic E-state index is 0.254. The number of carbonyl (C=O) groups excluding carboxylic acids is 1. The predicted octanol–water partition coefficient (Wildman–Crippen LogP) is 1.54. The molecule has 3 nitrogen and oxygen atoms in total. The third-order valence-corrected chi connectivity index (χ3v) is 4.44. The lowest BCUT2D eigenvalue weighted by atomic mass is 9.91. The summed E-state index contributed by atoms with van der Waals surface area (Å²) in [7, 11) is 0. The van der Waals surface area contributed by atoms with E-state index in [2.05, 4.69) is 24.5 Å². The van der Waals surface area contributed by atoms with E-state index in [4.69, 9.17) is 0 Å². The van der Waals surface area contributed by atoms with E-state index in [9.17, 15) is 4.79 Å². The molecule has 0 spiro atoms. The summed E-state index contributed by atoms with van der Waals surface area (Å²) in [5.41, 5.74) is 0.433. The molecule has 1 heterocycles. The van der Waals surface area contributed by atoms with Crippen molar-refractivity contribution in [3.63, 3.8) is 0 Å². The Balaban J connectivity index is 1.75. The number of hydrogen-bond acceptors (Lipinski definition) is 2. The molecule has 1 aliphatic heterocycles. The van der Waals surface area contributed by atoms with Crippen LogP contribution in [-0.2, 0) is 4.79 Å². The van der Waals surface area contributed by atoms with Gasteiger partial charge in [0.25, 0.3) is 0 Å². The Morgan fingerprint density at radius 3 is 2.50 bits per heavy atom. The summed E-state index contributed by atoms with van der Waals surface area (Å²) < 4.78 is 0. The molecule has 0 aromatic heterocycles. The van der Waals surface area contributed by atoms with Crippen molar-refractivity contribution in [2.75, 3.05) is 19.6 Å². The van der Waals surface area contributed by atoms with Crippen molar-refractivity contribution in [2.45, 2.75) is 39.5 Å². The van der Waals surface area contributed by atoms with Crippen LogP contribution in [0.25, 0.3) is 0 Å². The van der Waals surface area contributed by atoms with Crippen LogP contribution in [0.4, 0.5) is 0 Å². The normalized spacial score (nSPS) is 24.4. The summed E-state index contributed by atoms with van der Waals surface area (Å²) in [6, 6.07) is 0. The highest BCUT2D eigenvalue weighted by Crippen LogP contribution is 2.51. The van der Waals surface area contributed by atoms with Gasteiger partial charge in [-0.25, -0.2) is 0 Å². The zero-order valence-electron chi connectivity index (χ0n) is 10.5. The maximum Gasteiger partial charge on any atom is 0.223 e. The van der Waals surface area contributed by atoms with Gasteiger partial charge < -0.3 is 10.6 Å². The largest absolute Gasteiger partial charge is 0.355 e. The van der Waals surface area contributed by atoms with Crippen molar-refractivity contribution in [2.24, 2.45) is 17.3 Å². The Hall–Kier alpha value is -0.570. The summed E-state index contributed by atoms with van der Waals surface area (Å²) >= 11 is 0. The smallest absolute Gasteiger partial charge is 0.223 e. The molecule has 1 amide bonds. The highest BCUT2D eigenvalue weighted by molar-refractivity contribution is 5.78. The minimum atomic E-state index is 0.254. The lowest BCUT2D eigenvalue weighted by Gasteiger charge is -2.25. The number of amides is 1. The van der Waals surface area contributed by atoms with Gasteiger partial charge in [-0.2, -0.15) is 0 Å². The molecule has 92 valence electrons. The summed E-state index contributed by atoms with van der Waals surface area (Å²) in [6.07, 6.45) is 4.58. The third-order valence-electron chi connectivity index (χ3n) is 4.44. The molecular weight excluding hydrogens is 200 g/mol. The standard InChI is InChI=1S/C13H24N2O/c1-10(2)13(5-6-13)9-15-12(16)11-3-7-14-8-4-11/h10-11,14H,3-9H2,1-2H3,(H,15,16). The highest BCUT2D eigenvalue weighted by atomic mass is 16.1. The molecule has 0 aromatic carbocycles. The van der Waals surface area contributed by atoms with Crippen LogP contribution in [0.2, 0.25) is 0 Å². The quantitative estimate of drug-likeness (QED) is 0.760. The van der Waals surface area contributed by atoms with Gasteiger partial charge in [0.15, 0.2) is 0 Å². The maximum atomic E-state index is 12.0. The lowest BCUT2D eigenvalue weighted by Crippen LogP contribution is -2.40. The fraction of sp³-hybridized carbons (Fsp3) is 0.923. The molecule has 1 aliphatic carbocycles. The fourth-order valence-electron chi connectivity index (χ4n) is 2.61. The van der Waals surface area contributed by atoms with Crippen molar-refractivity contribution >= 4 is 5.91 Å². The molecule has 2 N–H and O–H groups in total. The Labute approximate surface area is 98.4 Å². The second-order valence-corrected chi connectivity index (χ2v) is 5.76. The average Bonchev–Trinajstić information content (AvgIpc) is 3.08. The number of nitrogens with one attached hydrogen (secondary N) is 2. The maximum absolute atomic E-state index is 12.0. The molecule has 3 heteroatoms. The first kappa shape index (κ1) is 11.9. The Morgan fingerprint density at radius 2 is 2.00 bits per heavy atom. The molecule has 0 atom stereocenters. The van der Waals surface area contributed by atoms with Gasteiger partial charge in [0, 0.05) is 12.5 Å². The summed E-state index contributed by atoms with van der Waals surface area (Å²) in [6.45, 7) is 7.42. The zero-order chi connectivity index (χ0) is 11.6. The summed E-state index contributed by atoms with van der Waals surface area (Å²) in [5.74, 6) is 1.23. The van der Waals surface area contributed by atoms with Crippen LogP contribution in [0.15, 0.2) is 0 Å². The van der Waals surface area contributed by atoms with Crippen LogP contribution in [0, 0.1) is 17.3 Å². The highest BCUT2D eigenvalue weighted by Gasteiger charge is 2.45. The molecule has 2 rings (SSSR count). The molecule has 0 unspecified atom stereocenters. The molecule has 0 radical (unpaired) electrons. The topological polar surface area (TPSA) is 41.1 Å². The Kier molecular flexibility index (Phi) is 3.53. The van der Waals surface area contributed by atoms with Crippen molar-refractivity contribution in [1.29, 1.82) is 0 Å². The van der Waals surface area contributed by atoms with Gasteiger partial charge in [0.05, 0.1) is 0 Å². The van der Waals surface area contributed by atoms with E-state index in [0.29, 0.717) is 11.3 Å². The first-order chi connectivity index (χ1) is 7.64. The Morgan fingerprint density at radius 1 is 1.38 bits per heavy atom. The van der Waals surface area contributed by atoms with Crippen LogP contribution in [0.1, 0.15) is 39.5 Å². The second kappa shape index (κ2) is 4.74. The van der Waals surface area contributed by atoms with Crippen molar-refractivity contribution in [3.05, 3.63) is 0 Å². The minimum Gasteiger partial charge on any atom is -0.355 e. The van der Waals surface area contributed by atoms with Gasteiger partial charge in [-0.05, 0) is 50.1 Å². The lowest BCUT2D eigenvalue weighted by molar-refractivity contribution is -0.126. The van der Waals surface area contributed by atoms with Crippen LogP contribution in [0.5, 0.6) is 0 Å². The molecule has 16 heavy (non-hydrogen) atoms. The first-order valence-corrected chi connectivity index (χ1v) is 6.62.